The first-order valence-electron chi connectivity index (χ1n) is 3.91. The summed E-state index contributed by atoms with van der Waals surface area (Å²) in [4.78, 5) is 32.0. The quantitative estimate of drug-likeness (QED) is 0.401. The van der Waals surface area contributed by atoms with Crippen LogP contribution in [0.2, 0.25) is 0 Å². The van der Waals surface area contributed by atoms with Crippen LogP contribution in [0.15, 0.2) is 0 Å². The molecule has 0 aromatic carbocycles. The molecule has 0 aromatic heterocycles. The number of carbonyl (C=O) groups excluding carboxylic acids is 2. The van der Waals surface area contributed by atoms with E-state index in [2.05, 4.69) is 5.32 Å². The van der Waals surface area contributed by atoms with Crippen molar-refractivity contribution in [2.45, 2.75) is 25.4 Å². The smallest absolute Gasteiger partial charge is 0.326 e. The van der Waals surface area contributed by atoms with Gasteiger partial charge in [-0.1, -0.05) is 0 Å². The number of aliphatic carboxylic acids is 1. The zero-order valence-corrected chi connectivity index (χ0v) is 7.69. The standard InChI is InChI=1S/C7H13N3O4/c1-3(8)6(12)10-4(7(13)14)2-5(9)11/h3-4H,2,8H2,1H3,(H2,9,11)(H,10,12)(H,13,14)/t3-,4?/m1/s1. The summed E-state index contributed by atoms with van der Waals surface area (Å²) in [5, 5.41) is 10.7. The predicted octanol–water partition coefficient (Wildman–Crippen LogP) is -2.22. The molecule has 2 atom stereocenters. The first-order valence-corrected chi connectivity index (χ1v) is 3.91. The predicted molar refractivity (Wildman–Crippen MR) is 47.0 cm³/mol. The number of hydrogen-bond acceptors (Lipinski definition) is 4. The molecule has 0 aliphatic rings. The second kappa shape index (κ2) is 5.18. The monoisotopic (exact) mass is 203 g/mol. The van der Waals surface area contributed by atoms with E-state index >= 15 is 0 Å². The average Bonchev–Trinajstić information content (AvgIpc) is 2.01. The minimum absolute atomic E-state index is 0.451. The topological polar surface area (TPSA) is 136 Å². The van der Waals surface area contributed by atoms with Gasteiger partial charge in [-0.2, -0.15) is 0 Å². The summed E-state index contributed by atoms with van der Waals surface area (Å²) in [6.45, 7) is 1.40. The van der Waals surface area contributed by atoms with Gasteiger partial charge in [0.05, 0.1) is 12.5 Å². The van der Waals surface area contributed by atoms with E-state index in [0.29, 0.717) is 0 Å². The molecule has 6 N–H and O–H groups in total. The molecule has 0 aliphatic heterocycles. The molecular weight excluding hydrogens is 190 g/mol. The minimum Gasteiger partial charge on any atom is -0.480 e. The molecule has 7 nitrogen and oxygen atoms in total. The van der Waals surface area contributed by atoms with Gasteiger partial charge in [-0.15, -0.1) is 0 Å². The van der Waals surface area contributed by atoms with Crippen molar-refractivity contribution in [3.05, 3.63) is 0 Å². The van der Waals surface area contributed by atoms with Crippen LogP contribution in [0.5, 0.6) is 0 Å². The average molecular weight is 203 g/mol. The number of rotatable bonds is 5. The van der Waals surface area contributed by atoms with E-state index < -0.39 is 36.3 Å². The molecule has 2 amide bonds. The second-order valence-electron chi connectivity index (χ2n) is 2.86. The number of carbonyl (C=O) groups is 3. The van der Waals surface area contributed by atoms with E-state index in [9.17, 15) is 14.4 Å². The third-order valence-electron chi connectivity index (χ3n) is 1.43. The van der Waals surface area contributed by atoms with Gasteiger partial charge in [0.25, 0.3) is 0 Å². The number of carboxylic acids is 1. The highest BCUT2D eigenvalue weighted by atomic mass is 16.4. The van der Waals surface area contributed by atoms with Gasteiger partial charge in [0.1, 0.15) is 6.04 Å². The van der Waals surface area contributed by atoms with Gasteiger partial charge in [-0.05, 0) is 6.92 Å². The minimum atomic E-state index is -1.32. The Bertz CT molecular complexity index is 251. The first-order chi connectivity index (χ1) is 6.34. The molecule has 0 saturated carbocycles. The third-order valence-corrected chi connectivity index (χ3v) is 1.43. The number of carboxylic acid groups (broad SMARTS) is 1. The fourth-order valence-electron chi connectivity index (χ4n) is 0.704. The molecule has 1 unspecified atom stereocenters. The summed E-state index contributed by atoms with van der Waals surface area (Å²) in [7, 11) is 0. The molecule has 14 heavy (non-hydrogen) atoms. The molecule has 0 bridgehead atoms. The van der Waals surface area contributed by atoms with Crippen LogP contribution in [0.3, 0.4) is 0 Å². The molecule has 0 heterocycles. The van der Waals surface area contributed by atoms with E-state index in [1.165, 1.54) is 6.92 Å². The van der Waals surface area contributed by atoms with Crippen LogP contribution >= 0.6 is 0 Å². The van der Waals surface area contributed by atoms with Gasteiger partial charge in [0, 0.05) is 0 Å². The van der Waals surface area contributed by atoms with E-state index in [1.807, 2.05) is 0 Å². The Kier molecular flexibility index (Phi) is 4.57. The Balaban J connectivity index is 4.31. The highest BCUT2D eigenvalue weighted by molar-refractivity contribution is 5.89. The molecule has 0 rings (SSSR count). The van der Waals surface area contributed by atoms with E-state index in [1.54, 1.807) is 0 Å². The summed E-state index contributed by atoms with van der Waals surface area (Å²) in [5.74, 6) is -2.76. The molecule has 0 saturated heterocycles. The zero-order chi connectivity index (χ0) is 11.3. The van der Waals surface area contributed by atoms with Crippen molar-refractivity contribution in [3.8, 4) is 0 Å². The maximum absolute atomic E-state index is 11.0. The van der Waals surface area contributed by atoms with Crippen LogP contribution < -0.4 is 16.8 Å². The number of hydrogen-bond donors (Lipinski definition) is 4. The van der Waals surface area contributed by atoms with E-state index in [4.69, 9.17) is 16.6 Å². The van der Waals surface area contributed by atoms with Gasteiger partial charge in [0.15, 0.2) is 0 Å². The lowest BCUT2D eigenvalue weighted by Gasteiger charge is -2.14. The number of nitrogens with one attached hydrogen (secondary N) is 1. The fraction of sp³-hybridized carbons (Fsp3) is 0.571. The zero-order valence-electron chi connectivity index (χ0n) is 7.69. The van der Waals surface area contributed by atoms with Gasteiger partial charge in [-0.25, -0.2) is 4.79 Å². The molecular formula is C7H13N3O4. The van der Waals surface area contributed by atoms with E-state index in [0.717, 1.165) is 0 Å². The molecule has 0 radical (unpaired) electrons. The molecule has 0 aromatic rings. The van der Waals surface area contributed by atoms with Crippen LogP contribution in [0, 0.1) is 0 Å². The van der Waals surface area contributed by atoms with Crippen molar-refractivity contribution < 1.29 is 19.5 Å². The first kappa shape index (κ1) is 12.4. The van der Waals surface area contributed by atoms with Crippen molar-refractivity contribution in [2.24, 2.45) is 11.5 Å². The normalized spacial score (nSPS) is 14.1. The molecule has 80 valence electrons. The Morgan fingerprint density at radius 1 is 1.43 bits per heavy atom. The Morgan fingerprint density at radius 2 is 1.93 bits per heavy atom. The van der Waals surface area contributed by atoms with Gasteiger partial charge >= 0.3 is 5.97 Å². The molecule has 7 heteroatoms. The lowest BCUT2D eigenvalue weighted by atomic mass is 10.2. The molecule has 0 spiro atoms. The maximum Gasteiger partial charge on any atom is 0.326 e. The van der Waals surface area contributed by atoms with Crippen LogP contribution in [-0.2, 0) is 14.4 Å². The van der Waals surface area contributed by atoms with Crippen LogP contribution in [0.1, 0.15) is 13.3 Å². The number of amides is 2. The third kappa shape index (κ3) is 4.41. The maximum atomic E-state index is 11.0. The Hall–Kier alpha value is -1.63. The van der Waals surface area contributed by atoms with Crippen LogP contribution in [0.25, 0.3) is 0 Å². The highest BCUT2D eigenvalue weighted by Crippen LogP contribution is 1.92. The highest BCUT2D eigenvalue weighted by Gasteiger charge is 2.23. The Labute approximate surface area is 80.4 Å². The number of primary amides is 1. The summed E-state index contributed by atoms with van der Waals surface area (Å²) in [6.07, 6.45) is -0.451. The van der Waals surface area contributed by atoms with Gasteiger partial charge < -0.3 is 21.9 Å². The van der Waals surface area contributed by atoms with Crippen molar-refractivity contribution in [3.63, 3.8) is 0 Å². The van der Waals surface area contributed by atoms with Crippen LogP contribution in [0.4, 0.5) is 0 Å². The lowest BCUT2D eigenvalue weighted by Crippen LogP contribution is -2.48. The largest absolute Gasteiger partial charge is 0.480 e. The SMILES string of the molecule is C[C@@H](N)C(=O)NC(CC(N)=O)C(=O)O. The summed E-state index contributed by atoms with van der Waals surface area (Å²) >= 11 is 0. The van der Waals surface area contributed by atoms with Gasteiger partial charge in [0.2, 0.25) is 11.8 Å². The summed E-state index contributed by atoms with van der Waals surface area (Å²) in [5.41, 5.74) is 9.99. The van der Waals surface area contributed by atoms with Crippen LogP contribution in [-0.4, -0.2) is 35.0 Å². The Morgan fingerprint density at radius 3 is 2.21 bits per heavy atom. The molecule has 0 aliphatic carbocycles. The van der Waals surface area contributed by atoms with E-state index in [-0.39, 0.29) is 0 Å². The van der Waals surface area contributed by atoms with Gasteiger partial charge in [-0.3, -0.25) is 9.59 Å². The van der Waals surface area contributed by atoms with Crippen molar-refractivity contribution in [2.75, 3.05) is 0 Å². The second-order valence-corrected chi connectivity index (χ2v) is 2.86. The fourth-order valence-corrected chi connectivity index (χ4v) is 0.704. The molecule has 0 fully saturated rings. The van der Waals surface area contributed by atoms with Crippen molar-refractivity contribution >= 4 is 17.8 Å². The lowest BCUT2D eigenvalue weighted by molar-refractivity contribution is -0.143. The summed E-state index contributed by atoms with van der Waals surface area (Å²) < 4.78 is 0. The number of nitrogens with two attached hydrogens (primary N) is 2. The summed E-state index contributed by atoms with van der Waals surface area (Å²) in [6, 6.07) is -2.14. The van der Waals surface area contributed by atoms with Crippen molar-refractivity contribution in [1.82, 2.24) is 5.32 Å². The van der Waals surface area contributed by atoms with Crippen molar-refractivity contribution in [1.29, 1.82) is 0 Å².